The monoisotopic (exact) mass is 288 g/mol. The predicted octanol–water partition coefficient (Wildman–Crippen LogP) is 4.87. The SMILES string of the molecule is Cc1ccc(NCc2cnc(Cl)s2)c2ccccc12. The van der Waals surface area contributed by atoms with Crippen molar-refractivity contribution >= 4 is 39.4 Å². The molecule has 19 heavy (non-hydrogen) atoms. The quantitative estimate of drug-likeness (QED) is 0.744. The van der Waals surface area contributed by atoms with E-state index in [9.17, 15) is 0 Å². The van der Waals surface area contributed by atoms with Gasteiger partial charge in [0.05, 0.1) is 6.54 Å². The lowest BCUT2D eigenvalue weighted by atomic mass is 10.0. The summed E-state index contributed by atoms with van der Waals surface area (Å²) in [6, 6.07) is 12.7. The third-order valence-corrected chi connectivity index (χ3v) is 4.24. The number of fused-ring (bicyclic) bond motifs is 1. The van der Waals surface area contributed by atoms with Crippen molar-refractivity contribution in [3.05, 3.63) is 57.5 Å². The summed E-state index contributed by atoms with van der Waals surface area (Å²) >= 11 is 7.34. The Morgan fingerprint density at radius 2 is 1.95 bits per heavy atom. The van der Waals surface area contributed by atoms with E-state index in [2.05, 4.69) is 53.6 Å². The average Bonchev–Trinajstić information content (AvgIpc) is 2.84. The van der Waals surface area contributed by atoms with Gasteiger partial charge in [-0.05, 0) is 23.9 Å². The minimum Gasteiger partial charge on any atom is -0.380 e. The van der Waals surface area contributed by atoms with Crippen molar-refractivity contribution in [1.29, 1.82) is 0 Å². The molecule has 4 heteroatoms. The molecule has 1 N–H and O–H groups in total. The molecule has 96 valence electrons. The van der Waals surface area contributed by atoms with Crippen molar-refractivity contribution < 1.29 is 0 Å². The Balaban J connectivity index is 1.91. The van der Waals surface area contributed by atoms with Gasteiger partial charge in [-0.2, -0.15) is 0 Å². The van der Waals surface area contributed by atoms with Gasteiger partial charge in [-0.3, -0.25) is 0 Å². The molecule has 0 radical (unpaired) electrons. The fraction of sp³-hybridized carbons (Fsp3) is 0.133. The van der Waals surface area contributed by atoms with Crippen molar-refractivity contribution in [2.45, 2.75) is 13.5 Å². The topological polar surface area (TPSA) is 24.9 Å². The van der Waals surface area contributed by atoms with E-state index in [1.165, 1.54) is 27.7 Å². The van der Waals surface area contributed by atoms with Gasteiger partial charge in [0.1, 0.15) is 0 Å². The Bertz CT molecular complexity index is 721. The fourth-order valence-electron chi connectivity index (χ4n) is 2.15. The summed E-state index contributed by atoms with van der Waals surface area (Å²) < 4.78 is 0.588. The lowest BCUT2D eigenvalue weighted by Crippen LogP contribution is -1.98. The van der Waals surface area contributed by atoms with E-state index in [-0.39, 0.29) is 0 Å². The summed E-state index contributed by atoms with van der Waals surface area (Å²) in [6.07, 6.45) is 1.82. The first kappa shape index (κ1) is 12.5. The maximum absolute atomic E-state index is 5.84. The van der Waals surface area contributed by atoms with E-state index in [0.29, 0.717) is 4.47 Å². The molecule has 0 fully saturated rings. The number of benzene rings is 2. The maximum atomic E-state index is 5.84. The zero-order valence-corrected chi connectivity index (χ0v) is 12.1. The number of anilines is 1. The zero-order chi connectivity index (χ0) is 13.2. The van der Waals surface area contributed by atoms with E-state index < -0.39 is 0 Å². The van der Waals surface area contributed by atoms with Gasteiger partial charge < -0.3 is 5.32 Å². The van der Waals surface area contributed by atoms with Gasteiger partial charge >= 0.3 is 0 Å². The number of rotatable bonds is 3. The number of thiazole rings is 1. The molecule has 0 aliphatic heterocycles. The smallest absolute Gasteiger partial charge is 0.183 e. The molecule has 0 aliphatic carbocycles. The molecule has 1 aromatic heterocycles. The van der Waals surface area contributed by atoms with Gasteiger partial charge in [0, 0.05) is 22.1 Å². The van der Waals surface area contributed by atoms with Gasteiger partial charge in [-0.1, -0.05) is 41.9 Å². The third-order valence-electron chi connectivity index (χ3n) is 3.12. The van der Waals surface area contributed by atoms with Crippen molar-refractivity contribution in [3.63, 3.8) is 0 Å². The van der Waals surface area contributed by atoms with Crippen molar-refractivity contribution in [2.75, 3.05) is 5.32 Å². The summed E-state index contributed by atoms with van der Waals surface area (Å²) in [5, 5.41) is 5.99. The highest BCUT2D eigenvalue weighted by Crippen LogP contribution is 2.27. The van der Waals surface area contributed by atoms with E-state index in [1.807, 2.05) is 6.20 Å². The lowest BCUT2D eigenvalue weighted by Gasteiger charge is -2.10. The number of nitrogens with one attached hydrogen (secondary N) is 1. The molecule has 0 unspecified atom stereocenters. The maximum Gasteiger partial charge on any atom is 0.183 e. The molecule has 2 aromatic carbocycles. The summed E-state index contributed by atoms with van der Waals surface area (Å²) in [7, 11) is 0. The van der Waals surface area contributed by atoms with Crippen LogP contribution in [0.15, 0.2) is 42.6 Å². The molecule has 3 aromatic rings. The van der Waals surface area contributed by atoms with Gasteiger partial charge in [0.25, 0.3) is 0 Å². The van der Waals surface area contributed by atoms with Crippen LogP contribution in [0.25, 0.3) is 10.8 Å². The van der Waals surface area contributed by atoms with Crippen LogP contribution in [0.2, 0.25) is 4.47 Å². The molecule has 2 nitrogen and oxygen atoms in total. The van der Waals surface area contributed by atoms with Crippen LogP contribution in [0, 0.1) is 6.92 Å². The first-order valence-corrected chi connectivity index (χ1v) is 7.26. The highest BCUT2D eigenvalue weighted by Gasteiger charge is 2.04. The Morgan fingerprint density at radius 3 is 2.68 bits per heavy atom. The van der Waals surface area contributed by atoms with Gasteiger partial charge in [-0.15, -0.1) is 11.3 Å². The first-order valence-electron chi connectivity index (χ1n) is 6.06. The van der Waals surface area contributed by atoms with E-state index >= 15 is 0 Å². The number of aromatic nitrogens is 1. The van der Waals surface area contributed by atoms with Crippen LogP contribution in [-0.2, 0) is 6.54 Å². The molecule has 0 spiro atoms. The zero-order valence-electron chi connectivity index (χ0n) is 10.5. The molecule has 1 heterocycles. The molecule has 0 atom stereocenters. The molecular weight excluding hydrogens is 276 g/mol. The van der Waals surface area contributed by atoms with Gasteiger partial charge in [0.15, 0.2) is 4.47 Å². The summed E-state index contributed by atoms with van der Waals surface area (Å²) in [5.74, 6) is 0. The van der Waals surface area contributed by atoms with Gasteiger partial charge in [0.2, 0.25) is 0 Å². The van der Waals surface area contributed by atoms with E-state index in [4.69, 9.17) is 11.6 Å². The molecule has 3 rings (SSSR count). The second-order valence-electron chi connectivity index (χ2n) is 4.41. The third kappa shape index (κ3) is 2.57. The lowest BCUT2D eigenvalue weighted by molar-refractivity contribution is 1.18. The number of hydrogen-bond donors (Lipinski definition) is 1. The number of halogens is 1. The highest BCUT2D eigenvalue weighted by molar-refractivity contribution is 7.15. The number of hydrogen-bond acceptors (Lipinski definition) is 3. The summed E-state index contributed by atoms with van der Waals surface area (Å²) in [6.45, 7) is 2.88. The van der Waals surface area contributed by atoms with Crippen LogP contribution in [-0.4, -0.2) is 4.98 Å². The number of aryl methyl sites for hydroxylation is 1. The van der Waals surface area contributed by atoms with E-state index in [0.717, 1.165) is 17.1 Å². The summed E-state index contributed by atoms with van der Waals surface area (Å²) in [4.78, 5) is 5.18. The Hall–Kier alpha value is -1.58. The normalized spacial score (nSPS) is 10.8. The minimum absolute atomic E-state index is 0.588. The molecule has 0 saturated heterocycles. The Labute approximate surface area is 121 Å². The highest BCUT2D eigenvalue weighted by atomic mass is 35.5. The Morgan fingerprint density at radius 1 is 1.16 bits per heavy atom. The second-order valence-corrected chi connectivity index (χ2v) is 6.11. The standard InChI is InChI=1S/C15H13ClN2S/c1-10-6-7-14(13-5-3-2-4-12(10)13)17-8-11-9-18-15(16)19-11/h2-7,9,17H,8H2,1H3. The van der Waals surface area contributed by atoms with Crippen molar-refractivity contribution in [1.82, 2.24) is 4.98 Å². The van der Waals surface area contributed by atoms with Crippen LogP contribution in [0.4, 0.5) is 5.69 Å². The van der Waals surface area contributed by atoms with Crippen LogP contribution in [0.5, 0.6) is 0 Å². The largest absolute Gasteiger partial charge is 0.380 e. The molecule has 0 amide bonds. The van der Waals surface area contributed by atoms with Crippen molar-refractivity contribution in [2.24, 2.45) is 0 Å². The van der Waals surface area contributed by atoms with Crippen LogP contribution < -0.4 is 5.32 Å². The molecule has 0 saturated carbocycles. The van der Waals surface area contributed by atoms with Gasteiger partial charge in [-0.25, -0.2) is 4.98 Å². The summed E-state index contributed by atoms with van der Waals surface area (Å²) in [5.41, 5.74) is 2.44. The second kappa shape index (κ2) is 5.19. The molecule has 0 aliphatic rings. The molecule has 0 bridgehead atoms. The van der Waals surface area contributed by atoms with Crippen LogP contribution in [0.3, 0.4) is 0 Å². The first-order chi connectivity index (χ1) is 9.24. The van der Waals surface area contributed by atoms with Crippen molar-refractivity contribution in [3.8, 4) is 0 Å². The minimum atomic E-state index is 0.588. The molecular formula is C15H13ClN2S. The van der Waals surface area contributed by atoms with E-state index in [1.54, 1.807) is 0 Å². The Kier molecular flexibility index (Phi) is 3.40. The van der Waals surface area contributed by atoms with Crippen LogP contribution >= 0.6 is 22.9 Å². The average molecular weight is 289 g/mol. The number of nitrogens with zero attached hydrogens (tertiary/aromatic N) is 1. The van der Waals surface area contributed by atoms with Crippen LogP contribution in [0.1, 0.15) is 10.4 Å². The predicted molar refractivity (Wildman–Crippen MR) is 83.1 cm³/mol. The fourth-order valence-corrected chi connectivity index (χ4v) is 3.07.